The number of alkyl halides is 3. The van der Waals surface area contributed by atoms with E-state index in [-0.39, 0.29) is 31.0 Å². The minimum Gasteiger partial charge on any atom is -0.318 e. The van der Waals surface area contributed by atoms with Gasteiger partial charge in [-0.05, 0) is 43.5 Å². The van der Waals surface area contributed by atoms with E-state index in [1.54, 1.807) is 24.3 Å². The number of amides is 2. The number of carbonyl (C=O) groups is 1. The van der Waals surface area contributed by atoms with Gasteiger partial charge < -0.3 is 10.2 Å². The number of halogens is 4. The third-order valence-corrected chi connectivity index (χ3v) is 5.49. The molecule has 2 aliphatic heterocycles. The molecule has 7 heteroatoms. The van der Waals surface area contributed by atoms with Gasteiger partial charge in [-0.25, -0.2) is 4.79 Å². The Hall–Kier alpha value is -1.43. The lowest BCUT2D eigenvalue weighted by Crippen LogP contribution is -2.65. The van der Waals surface area contributed by atoms with Crippen LogP contribution in [0.1, 0.15) is 44.9 Å². The molecule has 0 spiro atoms. The third kappa shape index (κ3) is 4.40. The van der Waals surface area contributed by atoms with Crippen molar-refractivity contribution in [1.82, 2.24) is 4.90 Å². The van der Waals surface area contributed by atoms with Crippen LogP contribution in [0.4, 0.5) is 23.7 Å². The van der Waals surface area contributed by atoms with E-state index in [9.17, 15) is 18.0 Å². The molecule has 3 fully saturated rings. The second kappa shape index (κ2) is 7.44. The molecule has 1 aliphatic carbocycles. The largest absolute Gasteiger partial charge is 0.391 e. The molecule has 1 aromatic carbocycles. The van der Waals surface area contributed by atoms with Crippen molar-refractivity contribution in [2.75, 3.05) is 5.32 Å². The molecule has 1 saturated carbocycles. The normalized spacial score (nSPS) is 27.4. The fourth-order valence-corrected chi connectivity index (χ4v) is 3.57. The number of carbonyl (C=O) groups excluding carboxylic acids is 1. The molecule has 138 valence electrons. The minimum atomic E-state index is -4.16. The molecule has 2 bridgehead atoms. The van der Waals surface area contributed by atoms with Crippen LogP contribution in [0.25, 0.3) is 0 Å². The average molecular weight is 375 g/mol. The molecule has 1 N–H and O–H groups in total. The summed E-state index contributed by atoms with van der Waals surface area (Å²) < 4.78 is 38.1. The summed E-state index contributed by atoms with van der Waals surface area (Å²) in [6.45, 7) is 0. The number of urea groups is 1. The fraction of sp³-hybridized carbons (Fsp3) is 0.611. The summed E-state index contributed by atoms with van der Waals surface area (Å²) in [7, 11) is 0. The van der Waals surface area contributed by atoms with E-state index in [2.05, 4.69) is 5.32 Å². The lowest BCUT2D eigenvalue weighted by atomic mass is 9.73. The molecule has 2 unspecified atom stereocenters. The Balaban J connectivity index is 0.000000401. The van der Waals surface area contributed by atoms with Crippen LogP contribution in [0, 0.1) is 5.92 Å². The van der Waals surface area contributed by atoms with Gasteiger partial charge in [0.05, 0.1) is 5.92 Å². The molecule has 0 radical (unpaired) electrons. The summed E-state index contributed by atoms with van der Waals surface area (Å²) in [6, 6.07) is 5.68. The van der Waals surface area contributed by atoms with Gasteiger partial charge in [0, 0.05) is 22.8 Å². The van der Waals surface area contributed by atoms with Crippen molar-refractivity contribution >= 4 is 23.3 Å². The van der Waals surface area contributed by atoms with Crippen LogP contribution in [-0.4, -0.2) is 29.2 Å². The summed E-state index contributed by atoms with van der Waals surface area (Å²) in [6.07, 6.45) is 2.53. The lowest BCUT2D eigenvalue weighted by molar-refractivity contribution is -0.205. The zero-order valence-electron chi connectivity index (χ0n) is 13.9. The van der Waals surface area contributed by atoms with Gasteiger partial charge in [0.15, 0.2) is 0 Å². The van der Waals surface area contributed by atoms with E-state index in [0.29, 0.717) is 17.1 Å². The first kappa shape index (κ1) is 18.4. The highest BCUT2D eigenvalue weighted by Crippen LogP contribution is 2.47. The van der Waals surface area contributed by atoms with Crippen LogP contribution >= 0.6 is 11.6 Å². The van der Waals surface area contributed by atoms with Crippen LogP contribution in [0.5, 0.6) is 0 Å². The van der Waals surface area contributed by atoms with Gasteiger partial charge in [-0.3, -0.25) is 0 Å². The van der Waals surface area contributed by atoms with E-state index in [0.717, 1.165) is 0 Å². The van der Waals surface area contributed by atoms with Gasteiger partial charge in [0.25, 0.3) is 0 Å². The van der Waals surface area contributed by atoms with Gasteiger partial charge in [-0.15, -0.1) is 0 Å². The molecule has 0 aromatic heterocycles. The zero-order valence-corrected chi connectivity index (χ0v) is 14.6. The van der Waals surface area contributed by atoms with Crippen molar-refractivity contribution in [2.24, 2.45) is 5.92 Å². The number of benzene rings is 1. The van der Waals surface area contributed by atoms with Gasteiger partial charge in [-0.2, -0.15) is 13.2 Å². The van der Waals surface area contributed by atoms with E-state index in [1.807, 2.05) is 0 Å². The van der Waals surface area contributed by atoms with Crippen LogP contribution in [0.15, 0.2) is 24.3 Å². The van der Waals surface area contributed by atoms with Crippen LogP contribution in [0.3, 0.4) is 0 Å². The second-order valence-corrected chi connectivity index (χ2v) is 7.45. The standard InChI is InChI=1S/C14H14ClF3N2O.C4H8/c15-9-1-3-10(4-2-9)19-13(21)20-11-5-8(14(16,17)18)6-12(20)7-11;1-2-4-3-1/h1-4,8,11-12H,5-7H2,(H,19,21);1-4H2/t8?,11-,12?;/m0./s1. The number of fused-ring (bicyclic) bond motifs is 2. The number of hydrogen-bond donors (Lipinski definition) is 1. The van der Waals surface area contributed by atoms with Crippen LogP contribution < -0.4 is 5.32 Å². The van der Waals surface area contributed by atoms with Gasteiger partial charge in [0.1, 0.15) is 0 Å². The molecule has 2 saturated heterocycles. The van der Waals surface area contributed by atoms with Gasteiger partial charge in [-0.1, -0.05) is 37.3 Å². The van der Waals surface area contributed by atoms with Crippen molar-refractivity contribution in [3.05, 3.63) is 29.3 Å². The van der Waals surface area contributed by atoms with E-state index in [4.69, 9.17) is 11.6 Å². The summed E-state index contributed by atoms with van der Waals surface area (Å²) in [5.41, 5.74) is 0.585. The summed E-state index contributed by atoms with van der Waals surface area (Å²) in [5.74, 6) is -1.28. The zero-order chi connectivity index (χ0) is 18.0. The number of anilines is 1. The fourth-order valence-electron chi connectivity index (χ4n) is 3.44. The molecule has 3 aliphatic rings. The SMILES string of the molecule is C1CCC1.O=C(Nc1ccc(Cl)cc1)N1C2CC(C(F)(F)F)C[C@H]1C2. The highest BCUT2D eigenvalue weighted by Gasteiger charge is 2.54. The minimum absolute atomic E-state index is 0.00797. The van der Waals surface area contributed by atoms with Crippen molar-refractivity contribution in [1.29, 1.82) is 0 Å². The maximum Gasteiger partial charge on any atom is 0.391 e. The summed E-state index contributed by atoms with van der Waals surface area (Å²) in [5, 5.41) is 3.26. The van der Waals surface area contributed by atoms with E-state index in [1.165, 1.54) is 30.6 Å². The molecule has 2 heterocycles. The maximum absolute atomic E-state index is 12.7. The monoisotopic (exact) mass is 374 g/mol. The second-order valence-electron chi connectivity index (χ2n) is 7.01. The Morgan fingerprint density at radius 3 is 1.96 bits per heavy atom. The quantitative estimate of drug-likeness (QED) is 0.657. The topological polar surface area (TPSA) is 32.3 Å². The number of rotatable bonds is 1. The summed E-state index contributed by atoms with van der Waals surface area (Å²) >= 11 is 5.76. The van der Waals surface area contributed by atoms with Crippen molar-refractivity contribution < 1.29 is 18.0 Å². The van der Waals surface area contributed by atoms with Crippen molar-refractivity contribution in [3.63, 3.8) is 0 Å². The molecular weight excluding hydrogens is 353 g/mol. The van der Waals surface area contributed by atoms with Crippen molar-refractivity contribution in [2.45, 2.75) is 63.2 Å². The van der Waals surface area contributed by atoms with Gasteiger partial charge in [0.2, 0.25) is 0 Å². The lowest BCUT2D eigenvalue weighted by Gasteiger charge is -2.55. The Bertz CT molecular complexity index is 585. The first-order valence-corrected chi connectivity index (χ1v) is 9.14. The number of nitrogens with zero attached hydrogens (tertiary/aromatic N) is 1. The molecule has 2 amide bonds. The molecular formula is C18H22ClF3N2O. The predicted molar refractivity (Wildman–Crippen MR) is 91.7 cm³/mol. The molecule has 3 atom stereocenters. The van der Waals surface area contributed by atoms with Crippen molar-refractivity contribution in [3.8, 4) is 0 Å². The summed E-state index contributed by atoms with van der Waals surface area (Å²) in [4.78, 5) is 13.7. The number of hydrogen-bond acceptors (Lipinski definition) is 1. The Labute approximate surface area is 150 Å². The highest BCUT2D eigenvalue weighted by atomic mass is 35.5. The van der Waals surface area contributed by atoms with Crippen LogP contribution in [-0.2, 0) is 0 Å². The van der Waals surface area contributed by atoms with E-state index < -0.39 is 12.1 Å². The molecule has 1 aromatic rings. The van der Waals surface area contributed by atoms with Crippen LogP contribution in [0.2, 0.25) is 5.02 Å². The average Bonchev–Trinajstić information content (AvgIpc) is 2.47. The Morgan fingerprint density at radius 2 is 1.52 bits per heavy atom. The van der Waals surface area contributed by atoms with Gasteiger partial charge >= 0.3 is 12.2 Å². The number of piperidine rings is 1. The molecule has 25 heavy (non-hydrogen) atoms. The Morgan fingerprint density at radius 1 is 1.00 bits per heavy atom. The first-order chi connectivity index (χ1) is 11.8. The maximum atomic E-state index is 12.7. The highest BCUT2D eigenvalue weighted by molar-refractivity contribution is 6.30. The van der Waals surface area contributed by atoms with E-state index >= 15 is 0 Å². The molecule has 3 nitrogen and oxygen atoms in total. The Kier molecular flexibility index (Phi) is 5.46. The first-order valence-electron chi connectivity index (χ1n) is 8.76. The third-order valence-electron chi connectivity index (χ3n) is 5.24. The number of nitrogens with one attached hydrogen (secondary N) is 1. The smallest absolute Gasteiger partial charge is 0.318 e. The predicted octanol–water partition coefficient (Wildman–Crippen LogP) is 5.85. The molecule has 4 rings (SSSR count).